The molecular formula is C22H29NO3. The maximum absolute atomic E-state index is 6.03. The summed E-state index contributed by atoms with van der Waals surface area (Å²) in [4.78, 5) is 2.41. The summed E-state index contributed by atoms with van der Waals surface area (Å²) in [5.74, 6) is 3.22. The summed E-state index contributed by atoms with van der Waals surface area (Å²) < 4.78 is 16.7. The molecule has 0 amide bonds. The van der Waals surface area contributed by atoms with Crippen LogP contribution in [0.25, 0.3) is 0 Å². The highest BCUT2D eigenvalue weighted by Crippen LogP contribution is 2.38. The van der Waals surface area contributed by atoms with Crippen LogP contribution in [0.1, 0.15) is 30.4 Å². The third-order valence-corrected chi connectivity index (χ3v) is 5.05. The number of hydrogen-bond acceptors (Lipinski definition) is 4. The first-order valence-corrected chi connectivity index (χ1v) is 9.25. The number of hydrogen-bond donors (Lipinski definition) is 0. The predicted molar refractivity (Wildman–Crippen MR) is 105 cm³/mol. The van der Waals surface area contributed by atoms with Gasteiger partial charge in [-0.3, -0.25) is 0 Å². The molecule has 4 nitrogen and oxygen atoms in total. The molecule has 0 bridgehead atoms. The van der Waals surface area contributed by atoms with E-state index in [0.717, 1.165) is 43.2 Å². The molecule has 0 spiro atoms. The molecule has 2 aromatic carbocycles. The molecule has 0 saturated heterocycles. The Hall–Kier alpha value is -2.20. The molecule has 0 N–H and O–H groups in total. The topological polar surface area (TPSA) is 30.9 Å². The van der Waals surface area contributed by atoms with Crippen LogP contribution in [0.15, 0.2) is 42.5 Å². The molecule has 0 aromatic heterocycles. The van der Waals surface area contributed by atoms with E-state index in [-0.39, 0.29) is 6.10 Å². The van der Waals surface area contributed by atoms with Crippen molar-refractivity contribution in [2.75, 3.05) is 34.4 Å². The Bertz CT molecular complexity index is 731. The molecule has 2 unspecified atom stereocenters. The molecule has 0 aliphatic carbocycles. The average molecular weight is 355 g/mol. The van der Waals surface area contributed by atoms with Crippen LogP contribution in [0.5, 0.6) is 17.2 Å². The van der Waals surface area contributed by atoms with Gasteiger partial charge in [-0.15, -0.1) is 0 Å². The van der Waals surface area contributed by atoms with Crippen LogP contribution in [0.3, 0.4) is 0 Å². The number of nitrogens with zero attached hydrogens (tertiary/aromatic N) is 1. The molecular weight excluding hydrogens is 326 g/mol. The lowest BCUT2D eigenvalue weighted by Crippen LogP contribution is -2.32. The fraction of sp³-hybridized carbons (Fsp3) is 0.455. The number of ether oxygens (including phenoxy) is 3. The van der Waals surface area contributed by atoms with Crippen LogP contribution in [-0.2, 0) is 6.42 Å². The molecule has 0 fully saturated rings. The van der Waals surface area contributed by atoms with Gasteiger partial charge in [0.05, 0.1) is 20.3 Å². The third kappa shape index (κ3) is 4.50. The monoisotopic (exact) mass is 355 g/mol. The molecule has 0 saturated carbocycles. The van der Waals surface area contributed by atoms with Gasteiger partial charge in [0, 0.05) is 25.1 Å². The molecule has 4 heteroatoms. The van der Waals surface area contributed by atoms with Crippen molar-refractivity contribution in [2.45, 2.75) is 31.8 Å². The Morgan fingerprint density at radius 3 is 2.62 bits per heavy atom. The molecule has 1 heterocycles. The van der Waals surface area contributed by atoms with Crippen molar-refractivity contribution in [3.8, 4) is 17.2 Å². The average Bonchev–Trinajstić information content (AvgIpc) is 2.65. The van der Waals surface area contributed by atoms with Crippen molar-refractivity contribution in [1.82, 2.24) is 4.90 Å². The summed E-state index contributed by atoms with van der Waals surface area (Å²) in [6.07, 6.45) is 2.29. The van der Waals surface area contributed by atoms with Gasteiger partial charge in [-0.25, -0.2) is 0 Å². The van der Waals surface area contributed by atoms with Gasteiger partial charge in [-0.05, 0) is 56.1 Å². The van der Waals surface area contributed by atoms with E-state index >= 15 is 0 Å². The number of likely N-dealkylation sites (N-methyl/N-ethyl adjacent to an activating group) is 1. The molecule has 2 aromatic rings. The van der Waals surface area contributed by atoms with E-state index < -0.39 is 0 Å². The minimum atomic E-state index is 0.228. The second-order valence-corrected chi connectivity index (χ2v) is 7.13. The predicted octanol–water partition coefficient (Wildman–Crippen LogP) is 4.13. The number of rotatable bonds is 7. The minimum absolute atomic E-state index is 0.228. The maximum atomic E-state index is 6.03. The summed E-state index contributed by atoms with van der Waals surface area (Å²) in [7, 11) is 5.60. The van der Waals surface area contributed by atoms with Gasteiger partial charge in [0.15, 0.2) is 0 Å². The van der Waals surface area contributed by atoms with Gasteiger partial charge in [0.2, 0.25) is 0 Å². The minimum Gasteiger partial charge on any atom is -0.497 e. The summed E-state index contributed by atoms with van der Waals surface area (Å²) in [6.45, 7) is 4.19. The zero-order valence-corrected chi connectivity index (χ0v) is 16.2. The molecule has 1 aliphatic heterocycles. The van der Waals surface area contributed by atoms with E-state index in [9.17, 15) is 0 Å². The summed E-state index contributed by atoms with van der Waals surface area (Å²) >= 11 is 0. The SMILES string of the molecule is COc1cccc(CCN(C)CC2CC(C)Oc3cc(OC)ccc32)c1. The lowest BCUT2D eigenvalue weighted by atomic mass is 9.89. The normalized spacial score (nSPS) is 19.0. The summed E-state index contributed by atoms with van der Waals surface area (Å²) in [5.41, 5.74) is 2.60. The Kier molecular flexibility index (Phi) is 6.04. The van der Waals surface area contributed by atoms with Crippen molar-refractivity contribution in [2.24, 2.45) is 0 Å². The Balaban J connectivity index is 1.63. The molecule has 140 valence electrons. The van der Waals surface area contributed by atoms with Crippen molar-refractivity contribution in [3.63, 3.8) is 0 Å². The summed E-state index contributed by atoms with van der Waals surface area (Å²) in [5, 5.41) is 0. The molecule has 3 rings (SSSR count). The second kappa shape index (κ2) is 8.45. The number of fused-ring (bicyclic) bond motifs is 1. The van der Waals surface area contributed by atoms with Crippen LogP contribution >= 0.6 is 0 Å². The highest BCUT2D eigenvalue weighted by molar-refractivity contribution is 5.44. The van der Waals surface area contributed by atoms with Gasteiger partial charge in [-0.1, -0.05) is 18.2 Å². The number of methoxy groups -OCH3 is 2. The third-order valence-electron chi connectivity index (χ3n) is 5.05. The van der Waals surface area contributed by atoms with E-state index in [0.29, 0.717) is 5.92 Å². The van der Waals surface area contributed by atoms with Crippen LogP contribution < -0.4 is 14.2 Å². The van der Waals surface area contributed by atoms with E-state index in [1.807, 2.05) is 18.2 Å². The fourth-order valence-electron chi connectivity index (χ4n) is 3.66. The van der Waals surface area contributed by atoms with Gasteiger partial charge in [0.1, 0.15) is 17.2 Å². The van der Waals surface area contributed by atoms with E-state index in [4.69, 9.17) is 14.2 Å². The van der Waals surface area contributed by atoms with E-state index in [1.165, 1.54) is 11.1 Å². The zero-order valence-electron chi connectivity index (χ0n) is 16.2. The first-order valence-electron chi connectivity index (χ1n) is 9.25. The quantitative estimate of drug-likeness (QED) is 0.747. The smallest absolute Gasteiger partial charge is 0.126 e. The van der Waals surface area contributed by atoms with Crippen molar-refractivity contribution in [3.05, 3.63) is 53.6 Å². The number of benzene rings is 2. The maximum Gasteiger partial charge on any atom is 0.126 e. The van der Waals surface area contributed by atoms with Crippen LogP contribution in [-0.4, -0.2) is 45.4 Å². The van der Waals surface area contributed by atoms with E-state index in [1.54, 1.807) is 14.2 Å². The fourth-order valence-corrected chi connectivity index (χ4v) is 3.66. The zero-order chi connectivity index (χ0) is 18.5. The highest BCUT2D eigenvalue weighted by atomic mass is 16.5. The lowest BCUT2D eigenvalue weighted by molar-refractivity contribution is 0.160. The first-order chi connectivity index (χ1) is 12.6. The second-order valence-electron chi connectivity index (χ2n) is 7.13. The van der Waals surface area contributed by atoms with Gasteiger partial charge in [0.25, 0.3) is 0 Å². The molecule has 2 atom stereocenters. The van der Waals surface area contributed by atoms with Crippen LogP contribution in [0.4, 0.5) is 0 Å². The Morgan fingerprint density at radius 2 is 1.85 bits per heavy atom. The van der Waals surface area contributed by atoms with E-state index in [2.05, 4.69) is 43.1 Å². The first kappa shape index (κ1) is 18.6. The highest BCUT2D eigenvalue weighted by Gasteiger charge is 2.27. The van der Waals surface area contributed by atoms with Crippen LogP contribution in [0, 0.1) is 0 Å². The standard InChI is InChI=1S/C22H29NO3/c1-16-12-18(21-9-8-20(25-4)14-22(21)26-16)15-23(2)11-10-17-6-5-7-19(13-17)24-3/h5-9,13-14,16,18H,10-12,15H2,1-4H3. The largest absolute Gasteiger partial charge is 0.497 e. The van der Waals surface area contributed by atoms with Crippen molar-refractivity contribution < 1.29 is 14.2 Å². The lowest BCUT2D eigenvalue weighted by Gasteiger charge is -2.33. The molecule has 26 heavy (non-hydrogen) atoms. The Labute approximate surface area is 156 Å². The summed E-state index contributed by atoms with van der Waals surface area (Å²) in [6, 6.07) is 14.5. The molecule has 0 radical (unpaired) electrons. The molecule has 1 aliphatic rings. The Morgan fingerprint density at radius 1 is 1.08 bits per heavy atom. The van der Waals surface area contributed by atoms with Gasteiger partial charge in [-0.2, -0.15) is 0 Å². The van der Waals surface area contributed by atoms with Crippen molar-refractivity contribution >= 4 is 0 Å². The van der Waals surface area contributed by atoms with Crippen molar-refractivity contribution in [1.29, 1.82) is 0 Å². The van der Waals surface area contributed by atoms with Gasteiger partial charge < -0.3 is 19.1 Å². The van der Waals surface area contributed by atoms with Crippen LogP contribution in [0.2, 0.25) is 0 Å². The van der Waals surface area contributed by atoms with Gasteiger partial charge >= 0.3 is 0 Å².